The largest absolute Gasteiger partial charge is 0.290 e. The van der Waals surface area contributed by atoms with Crippen LogP contribution in [0.1, 0.15) is 86.3 Å². The summed E-state index contributed by atoms with van der Waals surface area (Å²) in [7, 11) is 0. The topological polar surface area (TPSA) is 49.9 Å². The van der Waals surface area contributed by atoms with Crippen molar-refractivity contribution in [1.29, 1.82) is 0 Å². The molecule has 2 aliphatic heterocycles. The molecule has 5 unspecified atom stereocenters. The second kappa shape index (κ2) is 8.51. The monoisotopic (exact) mass is 426 g/mol. The van der Waals surface area contributed by atoms with E-state index in [0.717, 1.165) is 18.4 Å². The lowest BCUT2D eigenvalue weighted by atomic mass is 9.68. The molecule has 2 aliphatic rings. The Bertz CT molecular complexity index is 856. The smallest absolute Gasteiger partial charge is 0.257 e. The molecule has 3 rings (SSSR count). The summed E-state index contributed by atoms with van der Waals surface area (Å²) in [4.78, 5) is 34.3. The third-order valence-corrected chi connectivity index (χ3v) is 8.14. The molecule has 0 aliphatic carbocycles. The Hall–Kier alpha value is -1.98. The summed E-state index contributed by atoms with van der Waals surface area (Å²) >= 11 is 0. The molecule has 5 atom stereocenters. The first kappa shape index (κ1) is 23.7. The SMILES string of the molecule is CCC1(C)CC(N2C(=O)C(C)=C(C)C2=O)C(C)C(C)(CC)N1OC(C)c1ccccc1. The molecule has 2 heterocycles. The van der Waals surface area contributed by atoms with E-state index < -0.39 is 0 Å². The number of piperidine rings is 1. The molecule has 0 N–H and O–H groups in total. The van der Waals surface area contributed by atoms with Gasteiger partial charge in [0.2, 0.25) is 0 Å². The van der Waals surface area contributed by atoms with Crippen LogP contribution in [0.5, 0.6) is 0 Å². The highest BCUT2D eigenvalue weighted by molar-refractivity contribution is 6.19. The number of hydrogen-bond donors (Lipinski definition) is 0. The van der Waals surface area contributed by atoms with E-state index in [2.05, 4.69) is 58.7 Å². The van der Waals surface area contributed by atoms with E-state index in [1.165, 1.54) is 4.90 Å². The van der Waals surface area contributed by atoms with Gasteiger partial charge in [0.15, 0.2) is 0 Å². The number of imide groups is 1. The molecule has 1 saturated heterocycles. The van der Waals surface area contributed by atoms with Gasteiger partial charge in [-0.3, -0.25) is 19.3 Å². The highest BCUT2D eigenvalue weighted by Crippen LogP contribution is 2.49. The fourth-order valence-electron chi connectivity index (χ4n) is 5.26. The van der Waals surface area contributed by atoms with Gasteiger partial charge < -0.3 is 0 Å². The predicted octanol–water partition coefficient (Wildman–Crippen LogP) is 5.43. The number of benzene rings is 1. The summed E-state index contributed by atoms with van der Waals surface area (Å²) < 4.78 is 0. The second-order valence-electron chi connectivity index (χ2n) is 9.80. The average Bonchev–Trinajstić information content (AvgIpc) is 2.97. The number of hydrogen-bond acceptors (Lipinski definition) is 4. The van der Waals surface area contributed by atoms with Crippen LogP contribution in [-0.2, 0) is 14.4 Å². The standard InChI is InChI=1S/C26H38N2O3/c1-9-25(7)16-22(27-23(29)17(3)18(4)24(27)30)19(5)26(8,10-2)28(25)31-20(6)21-14-12-11-13-15-21/h11-15,19-20,22H,9-10,16H2,1-8H3. The maximum Gasteiger partial charge on any atom is 0.257 e. The third-order valence-electron chi connectivity index (χ3n) is 8.14. The zero-order valence-corrected chi connectivity index (χ0v) is 20.4. The first-order valence-electron chi connectivity index (χ1n) is 11.6. The van der Waals surface area contributed by atoms with E-state index in [9.17, 15) is 9.59 Å². The zero-order chi connectivity index (χ0) is 23.1. The van der Waals surface area contributed by atoms with Crippen LogP contribution in [0.4, 0.5) is 0 Å². The van der Waals surface area contributed by atoms with E-state index in [4.69, 9.17) is 4.84 Å². The van der Waals surface area contributed by atoms with Crippen LogP contribution in [0.3, 0.4) is 0 Å². The van der Waals surface area contributed by atoms with Gasteiger partial charge >= 0.3 is 0 Å². The van der Waals surface area contributed by atoms with Crippen LogP contribution in [0.25, 0.3) is 0 Å². The first-order chi connectivity index (χ1) is 14.5. The van der Waals surface area contributed by atoms with Crippen molar-refractivity contribution >= 4 is 11.8 Å². The van der Waals surface area contributed by atoms with Gasteiger partial charge in [-0.1, -0.05) is 51.1 Å². The molecule has 0 spiro atoms. The van der Waals surface area contributed by atoms with Crippen molar-refractivity contribution in [1.82, 2.24) is 9.96 Å². The van der Waals surface area contributed by atoms with Crippen molar-refractivity contribution in [3.63, 3.8) is 0 Å². The molecule has 5 nitrogen and oxygen atoms in total. The van der Waals surface area contributed by atoms with E-state index in [1.807, 2.05) is 18.2 Å². The number of amides is 2. The summed E-state index contributed by atoms with van der Waals surface area (Å²) in [6.45, 7) is 16.5. The zero-order valence-electron chi connectivity index (χ0n) is 20.4. The quantitative estimate of drug-likeness (QED) is 0.569. The van der Waals surface area contributed by atoms with Gasteiger partial charge in [0.1, 0.15) is 6.10 Å². The fraction of sp³-hybridized carbons (Fsp3) is 0.615. The Morgan fingerprint density at radius 2 is 1.58 bits per heavy atom. The summed E-state index contributed by atoms with van der Waals surface area (Å²) in [6.07, 6.45) is 2.31. The minimum atomic E-state index is -0.332. The average molecular weight is 427 g/mol. The van der Waals surface area contributed by atoms with Gasteiger partial charge in [-0.25, -0.2) is 0 Å². The maximum absolute atomic E-state index is 13.0. The van der Waals surface area contributed by atoms with Crippen LogP contribution in [0.15, 0.2) is 41.5 Å². The van der Waals surface area contributed by atoms with Crippen LogP contribution >= 0.6 is 0 Å². The number of rotatable bonds is 6. The van der Waals surface area contributed by atoms with Crippen molar-refractivity contribution < 1.29 is 14.4 Å². The molecule has 31 heavy (non-hydrogen) atoms. The Morgan fingerprint density at radius 3 is 2.06 bits per heavy atom. The lowest BCUT2D eigenvalue weighted by molar-refractivity contribution is -0.330. The van der Waals surface area contributed by atoms with Crippen molar-refractivity contribution in [2.24, 2.45) is 5.92 Å². The molecule has 0 aromatic heterocycles. The van der Waals surface area contributed by atoms with E-state index in [1.54, 1.807) is 13.8 Å². The number of nitrogens with zero attached hydrogens (tertiary/aromatic N) is 2. The Labute approximate surface area is 187 Å². The van der Waals surface area contributed by atoms with Crippen molar-refractivity contribution in [2.45, 2.75) is 97.9 Å². The summed E-state index contributed by atoms with van der Waals surface area (Å²) in [5.41, 5.74) is 1.64. The molecular formula is C26H38N2O3. The van der Waals surface area contributed by atoms with Crippen molar-refractivity contribution in [3.8, 4) is 0 Å². The van der Waals surface area contributed by atoms with E-state index in [-0.39, 0.29) is 41.0 Å². The van der Waals surface area contributed by atoms with Gasteiger partial charge in [0.25, 0.3) is 11.8 Å². The minimum Gasteiger partial charge on any atom is -0.290 e. The van der Waals surface area contributed by atoms with Crippen LogP contribution in [-0.4, -0.2) is 38.9 Å². The van der Waals surface area contributed by atoms with Crippen LogP contribution < -0.4 is 0 Å². The van der Waals surface area contributed by atoms with Crippen molar-refractivity contribution in [3.05, 3.63) is 47.0 Å². The Morgan fingerprint density at radius 1 is 1.03 bits per heavy atom. The molecular weight excluding hydrogens is 388 g/mol. The summed E-state index contributed by atoms with van der Waals surface area (Å²) in [5.74, 6) is -0.210. The van der Waals surface area contributed by atoms with E-state index in [0.29, 0.717) is 17.6 Å². The first-order valence-corrected chi connectivity index (χ1v) is 11.6. The number of carbonyl (C=O) groups excluding carboxylic acids is 2. The molecule has 0 bridgehead atoms. The lowest BCUT2D eigenvalue weighted by Crippen LogP contribution is -2.70. The molecule has 2 amide bonds. The summed E-state index contributed by atoms with van der Waals surface area (Å²) in [5, 5.41) is 2.21. The van der Waals surface area contributed by atoms with Gasteiger partial charge in [-0.15, -0.1) is 0 Å². The highest BCUT2D eigenvalue weighted by atomic mass is 16.7. The maximum atomic E-state index is 13.0. The molecule has 0 saturated carbocycles. The minimum absolute atomic E-state index is 0.0618. The third kappa shape index (κ3) is 3.76. The van der Waals surface area contributed by atoms with Crippen LogP contribution in [0, 0.1) is 5.92 Å². The number of hydroxylamine groups is 2. The molecule has 1 fully saturated rings. The van der Waals surface area contributed by atoms with Crippen LogP contribution in [0.2, 0.25) is 0 Å². The predicted molar refractivity (Wildman–Crippen MR) is 123 cm³/mol. The Kier molecular flexibility index (Phi) is 6.50. The molecule has 5 heteroatoms. The normalized spacial score (nSPS) is 33.4. The van der Waals surface area contributed by atoms with Crippen molar-refractivity contribution in [2.75, 3.05) is 0 Å². The summed E-state index contributed by atoms with van der Waals surface area (Å²) in [6, 6.07) is 10.1. The second-order valence-corrected chi connectivity index (χ2v) is 9.80. The Balaban J connectivity index is 1.98. The van der Waals surface area contributed by atoms with Gasteiger partial charge in [0.05, 0.1) is 0 Å². The lowest BCUT2D eigenvalue weighted by Gasteiger charge is -2.60. The molecule has 0 radical (unpaired) electrons. The molecule has 1 aromatic carbocycles. The van der Waals surface area contributed by atoms with Gasteiger partial charge in [0, 0.05) is 28.3 Å². The fourth-order valence-corrected chi connectivity index (χ4v) is 5.26. The number of carbonyl (C=O) groups is 2. The van der Waals surface area contributed by atoms with E-state index >= 15 is 0 Å². The molecule has 1 aromatic rings. The highest BCUT2D eigenvalue weighted by Gasteiger charge is 2.57. The molecule has 170 valence electrons. The van der Waals surface area contributed by atoms with Gasteiger partial charge in [-0.2, -0.15) is 5.06 Å². The van der Waals surface area contributed by atoms with Gasteiger partial charge in [-0.05, 0) is 65.4 Å².